The van der Waals surface area contributed by atoms with E-state index in [9.17, 15) is 0 Å². The fourth-order valence-corrected chi connectivity index (χ4v) is 8.88. The summed E-state index contributed by atoms with van der Waals surface area (Å²) in [5, 5.41) is 14.0. The van der Waals surface area contributed by atoms with E-state index < -0.39 is 0 Å². The molecule has 9 aromatic rings. The highest BCUT2D eigenvalue weighted by molar-refractivity contribution is 7.30. The quantitative estimate of drug-likeness (QED) is 0.191. The van der Waals surface area contributed by atoms with Gasteiger partial charge in [-0.2, -0.15) is 0 Å². The van der Waals surface area contributed by atoms with Crippen molar-refractivity contribution in [3.8, 4) is 22.3 Å². The van der Waals surface area contributed by atoms with Gasteiger partial charge >= 0.3 is 0 Å². The van der Waals surface area contributed by atoms with Gasteiger partial charge in [-0.1, -0.05) is 109 Å². The minimum atomic E-state index is 1.26. The molecule has 0 nitrogen and oxygen atoms in total. The van der Waals surface area contributed by atoms with Crippen molar-refractivity contribution in [1.82, 2.24) is 0 Å². The molecule has 9 rings (SSSR count). The van der Waals surface area contributed by atoms with Gasteiger partial charge in [-0.05, 0) is 83.5 Å². The molecule has 2 heteroatoms. The van der Waals surface area contributed by atoms with Crippen molar-refractivity contribution >= 4 is 85.2 Å². The topological polar surface area (TPSA) is 0 Å². The predicted octanol–water partition coefficient (Wildman–Crippen LogP) is 12.1. The van der Waals surface area contributed by atoms with Crippen molar-refractivity contribution in [2.24, 2.45) is 0 Å². The molecule has 0 aliphatic carbocycles. The summed E-state index contributed by atoms with van der Waals surface area (Å²) in [6, 6.07) is 47.2. The van der Waals surface area contributed by atoms with E-state index in [0.717, 1.165) is 0 Å². The fourth-order valence-electron chi connectivity index (χ4n) is 6.59. The van der Waals surface area contributed by atoms with Crippen molar-refractivity contribution in [2.45, 2.75) is 0 Å². The summed E-state index contributed by atoms with van der Waals surface area (Å²) in [7, 11) is 0. The van der Waals surface area contributed by atoms with Crippen molar-refractivity contribution in [2.75, 3.05) is 0 Å². The van der Waals surface area contributed by atoms with Gasteiger partial charge in [0, 0.05) is 15.5 Å². The van der Waals surface area contributed by atoms with E-state index in [1.54, 1.807) is 0 Å². The Morgan fingerprint density at radius 1 is 0.425 bits per heavy atom. The summed E-state index contributed by atoms with van der Waals surface area (Å²) < 4.78 is 4.14. The Kier molecular flexibility index (Phi) is 4.74. The molecule has 0 unspecified atom stereocenters. The zero-order chi connectivity index (χ0) is 26.2. The first-order valence-electron chi connectivity index (χ1n) is 13.6. The zero-order valence-electron chi connectivity index (χ0n) is 21.5. The first-order valence-corrected chi connectivity index (χ1v) is 15.3. The molecule has 7 aromatic carbocycles. The molecule has 0 amide bonds. The average molecular weight is 543 g/mol. The molecule has 0 aliphatic rings. The number of thiophene rings is 2. The Hall–Kier alpha value is -4.50. The van der Waals surface area contributed by atoms with Crippen LogP contribution in [0.3, 0.4) is 0 Å². The Labute approximate surface area is 239 Å². The predicted molar refractivity (Wildman–Crippen MR) is 178 cm³/mol. The highest BCUT2D eigenvalue weighted by Gasteiger charge is 2.20. The van der Waals surface area contributed by atoms with E-state index in [-0.39, 0.29) is 0 Å². The summed E-state index contributed by atoms with van der Waals surface area (Å²) in [4.78, 5) is 0. The summed E-state index contributed by atoms with van der Waals surface area (Å²) >= 11 is 3.78. The molecule has 186 valence electrons. The lowest BCUT2D eigenvalue weighted by Crippen LogP contribution is -1.91. The van der Waals surface area contributed by atoms with Gasteiger partial charge in [0.15, 0.2) is 0 Å². The molecule has 2 heterocycles. The first-order chi connectivity index (χ1) is 19.8. The van der Waals surface area contributed by atoms with Gasteiger partial charge in [-0.15, -0.1) is 22.7 Å². The van der Waals surface area contributed by atoms with E-state index in [2.05, 4.69) is 133 Å². The molecule has 0 atom stereocenters. The Morgan fingerprint density at radius 3 is 1.88 bits per heavy atom. The van der Waals surface area contributed by atoms with E-state index >= 15 is 0 Å². The highest BCUT2D eigenvalue weighted by Crippen LogP contribution is 2.49. The van der Waals surface area contributed by atoms with Crippen LogP contribution < -0.4 is 0 Å². The van der Waals surface area contributed by atoms with Crippen LogP contribution in [-0.2, 0) is 0 Å². The molecule has 0 bridgehead atoms. The van der Waals surface area contributed by atoms with E-state index in [0.29, 0.717) is 0 Å². The SMILES string of the molecule is c1ccc2cc(-c3c4ccccc4c(-c4cccc5sc6c(ccc7ccsc76)c45)c4ccccc34)ccc2c1. The second kappa shape index (κ2) is 8.50. The smallest absolute Gasteiger partial charge is 0.0533 e. The summed E-state index contributed by atoms with van der Waals surface area (Å²) in [6.45, 7) is 0. The monoisotopic (exact) mass is 542 g/mol. The van der Waals surface area contributed by atoms with Crippen LogP contribution in [0.2, 0.25) is 0 Å². The minimum Gasteiger partial charge on any atom is -0.142 e. The minimum absolute atomic E-state index is 1.26. The van der Waals surface area contributed by atoms with E-state index in [1.165, 1.54) is 84.8 Å². The average Bonchev–Trinajstić information content (AvgIpc) is 3.64. The number of hydrogen-bond acceptors (Lipinski definition) is 2. The van der Waals surface area contributed by atoms with Crippen LogP contribution in [0.4, 0.5) is 0 Å². The maximum absolute atomic E-state index is 2.35. The van der Waals surface area contributed by atoms with Gasteiger partial charge in [0.25, 0.3) is 0 Å². The van der Waals surface area contributed by atoms with Gasteiger partial charge in [0.05, 0.1) is 9.40 Å². The Balaban J connectivity index is 1.44. The lowest BCUT2D eigenvalue weighted by Gasteiger charge is -2.18. The molecule has 40 heavy (non-hydrogen) atoms. The second-order valence-corrected chi connectivity index (χ2v) is 12.4. The van der Waals surface area contributed by atoms with Crippen molar-refractivity contribution in [3.63, 3.8) is 0 Å². The third-order valence-corrected chi connectivity index (χ3v) is 10.6. The van der Waals surface area contributed by atoms with Gasteiger partial charge in [0.2, 0.25) is 0 Å². The Bertz CT molecular complexity index is 2380. The molecule has 0 fully saturated rings. The van der Waals surface area contributed by atoms with Crippen LogP contribution in [0.25, 0.3) is 84.8 Å². The van der Waals surface area contributed by atoms with E-state index in [4.69, 9.17) is 0 Å². The molecular weight excluding hydrogens is 521 g/mol. The summed E-state index contributed by atoms with van der Waals surface area (Å²) in [5.74, 6) is 0. The maximum atomic E-state index is 2.35. The molecule has 0 spiro atoms. The normalized spacial score (nSPS) is 12.0. The molecule has 0 saturated carbocycles. The van der Waals surface area contributed by atoms with Crippen LogP contribution in [0.15, 0.2) is 133 Å². The molecule has 0 saturated heterocycles. The van der Waals surface area contributed by atoms with Crippen LogP contribution in [0.1, 0.15) is 0 Å². The lowest BCUT2D eigenvalue weighted by atomic mass is 9.84. The third-order valence-electron chi connectivity index (χ3n) is 8.32. The molecule has 0 N–H and O–H groups in total. The highest BCUT2D eigenvalue weighted by atomic mass is 32.1. The number of benzene rings is 7. The van der Waals surface area contributed by atoms with Gasteiger partial charge < -0.3 is 0 Å². The van der Waals surface area contributed by atoms with Crippen LogP contribution in [0, 0.1) is 0 Å². The zero-order valence-corrected chi connectivity index (χ0v) is 23.2. The molecule has 0 aliphatic heterocycles. The lowest BCUT2D eigenvalue weighted by molar-refractivity contribution is 1.69. The fraction of sp³-hybridized carbons (Fsp3) is 0. The van der Waals surface area contributed by atoms with Crippen LogP contribution in [-0.4, -0.2) is 0 Å². The molecule has 0 radical (unpaired) electrons. The van der Waals surface area contributed by atoms with Gasteiger partial charge in [0.1, 0.15) is 0 Å². The molecular formula is C38H22S2. The Morgan fingerprint density at radius 2 is 1.10 bits per heavy atom. The van der Waals surface area contributed by atoms with Gasteiger partial charge in [-0.3, -0.25) is 0 Å². The van der Waals surface area contributed by atoms with Crippen molar-refractivity contribution < 1.29 is 0 Å². The van der Waals surface area contributed by atoms with Crippen molar-refractivity contribution in [1.29, 1.82) is 0 Å². The second-order valence-electron chi connectivity index (χ2n) is 10.5. The largest absolute Gasteiger partial charge is 0.142 e. The molecule has 2 aromatic heterocycles. The number of fused-ring (bicyclic) bond motifs is 8. The van der Waals surface area contributed by atoms with Gasteiger partial charge in [-0.25, -0.2) is 0 Å². The number of hydrogen-bond donors (Lipinski definition) is 0. The van der Waals surface area contributed by atoms with Crippen molar-refractivity contribution in [3.05, 3.63) is 133 Å². The standard InChI is InChI=1S/C38H22S2/c1-2-9-25-22-26(17-16-23(25)8-1)34-27-10-3-5-12-29(27)35(30-13-6-4-11-28(30)34)31-14-7-15-33-36(31)32-19-18-24-20-21-39-37(24)38(32)40-33/h1-22H. The maximum Gasteiger partial charge on any atom is 0.0533 e. The summed E-state index contributed by atoms with van der Waals surface area (Å²) in [5.41, 5.74) is 5.21. The first kappa shape index (κ1) is 22.3. The van der Waals surface area contributed by atoms with Crippen LogP contribution >= 0.6 is 22.7 Å². The number of rotatable bonds is 2. The van der Waals surface area contributed by atoms with Crippen LogP contribution in [0.5, 0.6) is 0 Å². The summed E-state index contributed by atoms with van der Waals surface area (Å²) in [6.07, 6.45) is 0. The van der Waals surface area contributed by atoms with E-state index in [1.807, 2.05) is 22.7 Å². The third kappa shape index (κ3) is 3.12.